The van der Waals surface area contributed by atoms with Gasteiger partial charge in [-0.3, -0.25) is 0 Å². The van der Waals surface area contributed by atoms with E-state index in [1.807, 2.05) is 6.92 Å². The highest BCUT2D eigenvalue weighted by Gasteiger charge is 2.20. The second-order valence-electron chi connectivity index (χ2n) is 4.59. The van der Waals surface area contributed by atoms with Gasteiger partial charge in [0, 0.05) is 6.04 Å². The molecule has 16 heavy (non-hydrogen) atoms. The molecule has 2 N–H and O–H groups in total. The van der Waals surface area contributed by atoms with Crippen LogP contribution in [0, 0.1) is 0 Å². The molecular formula is C14H21NO. The van der Waals surface area contributed by atoms with Crippen molar-refractivity contribution in [2.45, 2.75) is 44.8 Å². The maximum Gasteiger partial charge on any atom is 0.0549 e. The second kappa shape index (κ2) is 5.46. The average Bonchev–Trinajstić information content (AvgIpc) is 2.73. The van der Waals surface area contributed by atoms with E-state index in [-0.39, 0.29) is 6.10 Å². The molecule has 0 bridgehead atoms. The number of hydrogen-bond donors (Lipinski definition) is 2. The standard InChI is InChI=1S/C14H21NO/c1-2-12(16)9-10-15-14-8-7-11-5-3-4-6-13(11)14/h3-6,12,14-16H,2,7-10H2,1H3. The van der Waals surface area contributed by atoms with E-state index in [1.165, 1.54) is 24.0 Å². The van der Waals surface area contributed by atoms with E-state index in [0.29, 0.717) is 6.04 Å². The molecule has 1 aliphatic rings. The Kier molecular flexibility index (Phi) is 3.97. The summed E-state index contributed by atoms with van der Waals surface area (Å²) in [6.45, 7) is 2.93. The summed E-state index contributed by atoms with van der Waals surface area (Å²) in [6.07, 6.45) is 3.94. The van der Waals surface area contributed by atoms with Gasteiger partial charge in [0.05, 0.1) is 6.10 Å². The molecule has 2 atom stereocenters. The molecule has 1 aromatic carbocycles. The smallest absolute Gasteiger partial charge is 0.0549 e. The van der Waals surface area contributed by atoms with Crippen LogP contribution in [0.2, 0.25) is 0 Å². The fourth-order valence-corrected chi connectivity index (χ4v) is 2.40. The molecule has 0 amide bonds. The number of aliphatic hydroxyl groups excluding tert-OH is 1. The summed E-state index contributed by atoms with van der Waals surface area (Å²) in [5.41, 5.74) is 2.93. The van der Waals surface area contributed by atoms with Gasteiger partial charge in [-0.05, 0) is 43.4 Å². The van der Waals surface area contributed by atoms with E-state index in [4.69, 9.17) is 0 Å². The number of hydrogen-bond acceptors (Lipinski definition) is 2. The molecule has 0 radical (unpaired) electrons. The molecule has 2 rings (SSSR count). The van der Waals surface area contributed by atoms with Crippen LogP contribution in [-0.2, 0) is 6.42 Å². The first-order valence-corrected chi connectivity index (χ1v) is 6.30. The van der Waals surface area contributed by atoms with Gasteiger partial charge in [-0.1, -0.05) is 31.2 Å². The van der Waals surface area contributed by atoms with Crippen LogP contribution in [0.15, 0.2) is 24.3 Å². The molecule has 0 aromatic heterocycles. The van der Waals surface area contributed by atoms with Crippen molar-refractivity contribution in [3.8, 4) is 0 Å². The summed E-state index contributed by atoms with van der Waals surface area (Å²) >= 11 is 0. The van der Waals surface area contributed by atoms with Gasteiger partial charge in [-0.2, -0.15) is 0 Å². The second-order valence-corrected chi connectivity index (χ2v) is 4.59. The van der Waals surface area contributed by atoms with E-state index in [9.17, 15) is 5.11 Å². The molecule has 0 saturated carbocycles. The van der Waals surface area contributed by atoms with E-state index >= 15 is 0 Å². The third kappa shape index (κ3) is 2.63. The van der Waals surface area contributed by atoms with Crippen molar-refractivity contribution < 1.29 is 5.11 Å². The zero-order chi connectivity index (χ0) is 11.4. The van der Waals surface area contributed by atoms with Crippen LogP contribution in [0.4, 0.5) is 0 Å². The van der Waals surface area contributed by atoms with Crippen LogP contribution >= 0.6 is 0 Å². The van der Waals surface area contributed by atoms with Crippen molar-refractivity contribution in [3.05, 3.63) is 35.4 Å². The van der Waals surface area contributed by atoms with E-state index in [2.05, 4.69) is 29.6 Å². The van der Waals surface area contributed by atoms with Gasteiger partial charge >= 0.3 is 0 Å². The zero-order valence-corrected chi connectivity index (χ0v) is 9.95. The van der Waals surface area contributed by atoms with Crippen molar-refractivity contribution in [1.29, 1.82) is 0 Å². The molecule has 0 spiro atoms. The Morgan fingerprint density at radius 3 is 3.06 bits per heavy atom. The fourth-order valence-electron chi connectivity index (χ4n) is 2.40. The molecule has 2 unspecified atom stereocenters. The van der Waals surface area contributed by atoms with Gasteiger partial charge in [-0.25, -0.2) is 0 Å². The SMILES string of the molecule is CCC(O)CCNC1CCc2ccccc21. The molecule has 0 saturated heterocycles. The highest BCUT2D eigenvalue weighted by molar-refractivity contribution is 5.34. The lowest BCUT2D eigenvalue weighted by molar-refractivity contribution is 0.158. The Hall–Kier alpha value is -0.860. The van der Waals surface area contributed by atoms with Gasteiger partial charge < -0.3 is 10.4 Å². The molecule has 0 heterocycles. The zero-order valence-electron chi connectivity index (χ0n) is 9.95. The Morgan fingerprint density at radius 1 is 1.44 bits per heavy atom. The third-order valence-electron chi connectivity index (χ3n) is 3.47. The molecular weight excluding hydrogens is 198 g/mol. The van der Waals surface area contributed by atoms with Gasteiger partial charge in [-0.15, -0.1) is 0 Å². The monoisotopic (exact) mass is 219 g/mol. The quantitative estimate of drug-likeness (QED) is 0.797. The topological polar surface area (TPSA) is 32.3 Å². The number of benzene rings is 1. The summed E-state index contributed by atoms with van der Waals surface area (Å²) in [6, 6.07) is 9.16. The van der Waals surface area contributed by atoms with Crippen LogP contribution in [-0.4, -0.2) is 17.8 Å². The maximum atomic E-state index is 9.49. The Bertz CT molecular complexity index is 337. The van der Waals surface area contributed by atoms with Crippen LogP contribution in [0.3, 0.4) is 0 Å². The number of nitrogens with one attached hydrogen (secondary N) is 1. The molecule has 2 heteroatoms. The van der Waals surface area contributed by atoms with Crippen LogP contribution in [0.1, 0.15) is 43.4 Å². The molecule has 0 fully saturated rings. The Labute approximate surface area is 97.7 Å². The first-order valence-electron chi connectivity index (χ1n) is 6.30. The van der Waals surface area contributed by atoms with Crippen molar-refractivity contribution in [3.63, 3.8) is 0 Å². The van der Waals surface area contributed by atoms with Crippen LogP contribution in [0.5, 0.6) is 0 Å². The van der Waals surface area contributed by atoms with Gasteiger partial charge in [0.25, 0.3) is 0 Å². The first kappa shape index (κ1) is 11.6. The molecule has 0 aliphatic heterocycles. The summed E-state index contributed by atoms with van der Waals surface area (Å²) < 4.78 is 0. The minimum Gasteiger partial charge on any atom is -0.393 e. The highest BCUT2D eigenvalue weighted by Crippen LogP contribution is 2.30. The van der Waals surface area contributed by atoms with Crippen molar-refractivity contribution >= 4 is 0 Å². The Morgan fingerprint density at radius 2 is 2.25 bits per heavy atom. The summed E-state index contributed by atoms with van der Waals surface area (Å²) in [5, 5.41) is 13.0. The summed E-state index contributed by atoms with van der Waals surface area (Å²) in [4.78, 5) is 0. The van der Waals surface area contributed by atoms with Gasteiger partial charge in [0.2, 0.25) is 0 Å². The lowest BCUT2D eigenvalue weighted by Gasteiger charge is -2.15. The lowest BCUT2D eigenvalue weighted by Crippen LogP contribution is -2.23. The van der Waals surface area contributed by atoms with Gasteiger partial charge in [0.1, 0.15) is 0 Å². The number of aliphatic hydroxyl groups is 1. The maximum absolute atomic E-state index is 9.49. The highest BCUT2D eigenvalue weighted by atomic mass is 16.3. The number of aryl methyl sites for hydroxylation is 1. The Balaban J connectivity index is 1.84. The van der Waals surface area contributed by atoms with E-state index in [0.717, 1.165) is 19.4 Å². The minimum atomic E-state index is -0.149. The fraction of sp³-hybridized carbons (Fsp3) is 0.571. The molecule has 1 aliphatic carbocycles. The normalized spacial score (nSPS) is 20.8. The average molecular weight is 219 g/mol. The lowest BCUT2D eigenvalue weighted by atomic mass is 10.1. The van der Waals surface area contributed by atoms with Crippen molar-refractivity contribution in [1.82, 2.24) is 5.32 Å². The predicted octanol–water partition coefficient (Wildman–Crippen LogP) is 2.42. The van der Waals surface area contributed by atoms with Crippen LogP contribution < -0.4 is 5.32 Å². The van der Waals surface area contributed by atoms with E-state index < -0.39 is 0 Å². The third-order valence-corrected chi connectivity index (χ3v) is 3.47. The van der Waals surface area contributed by atoms with Gasteiger partial charge in [0.15, 0.2) is 0 Å². The first-order chi connectivity index (χ1) is 7.81. The molecule has 88 valence electrons. The predicted molar refractivity (Wildman–Crippen MR) is 66.4 cm³/mol. The van der Waals surface area contributed by atoms with Crippen molar-refractivity contribution in [2.24, 2.45) is 0 Å². The largest absolute Gasteiger partial charge is 0.393 e. The van der Waals surface area contributed by atoms with E-state index in [1.54, 1.807) is 0 Å². The summed E-state index contributed by atoms with van der Waals surface area (Å²) in [7, 11) is 0. The minimum absolute atomic E-state index is 0.149. The van der Waals surface area contributed by atoms with Crippen LogP contribution in [0.25, 0.3) is 0 Å². The summed E-state index contributed by atoms with van der Waals surface area (Å²) in [5.74, 6) is 0. The molecule has 1 aromatic rings. The molecule has 2 nitrogen and oxygen atoms in total. The number of fused-ring (bicyclic) bond motifs is 1. The number of rotatable bonds is 5. The van der Waals surface area contributed by atoms with Crippen molar-refractivity contribution in [2.75, 3.05) is 6.54 Å².